The van der Waals surface area contributed by atoms with E-state index in [1.54, 1.807) is 6.92 Å². The third-order valence-corrected chi connectivity index (χ3v) is 3.31. The van der Waals surface area contributed by atoms with E-state index in [9.17, 15) is 22.4 Å². The van der Waals surface area contributed by atoms with Gasteiger partial charge in [0.05, 0.1) is 17.8 Å². The highest BCUT2D eigenvalue weighted by Gasteiger charge is 2.40. The Hall–Kier alpha value is -1.44. The molecule has 0 saturated carbocycles. The molecule has 3 nitrogen and oxygen atoms in total. The topological polar surface area (TPSA) is 49.3 Å². The highest BCUT2D eigenvalue weighted by atomic mass is 32.2. The zero-order chi connectivity index (χ0) is 15.3. The van der Waals surface area contributed by atoms with E-state index in [1.807, 2.05) is 0 Å². The molecular weight excluding hydrogens is 298 g/mol. The van der Waals surface area contributed by atoms with Crippen LogP contribution in [0.2, 0.25) is 0 Å². The third-order valence-electron chi connectivity index (χ3n) is 2.37. The molecule has 0 saturated heterocycles. The molecule has 0 amide bonds. The molecule has 0 heterocycles. The number of hydrogen-bond acceptors (Lipinski definition) is 3. The van der Waals surface area contributed by atoms with Crippen molar-refractivity contribution in [2.45, 2.75) is 24.2 Å². The van der Waals surface area contributed by atoms with Crippen molar-refractivity contribution in [1.82, 2.24) is 0 Å². The SMILES string of the molecule is CCSc1cccc(NCC(F)(F)C(F)F)c1C(=O)O. The number of benzene rings is 1. The van der Waals surface area contributed by atoms with Gasteiger partial charge in [0.1, 0.15) is 0 Å². The lowest BCUT2D eigenvalue weighted by Crippen LogP contribution is -2.35. The molecular formula is C12H13F4NO2S. The molecule has 1 rings (SSSR count). The fourth-order valence-electron chi connectivity index (χ4n) is 1.47. The maximum Gasteiger partial charge on any atom is 0.338 e. The molecule has 0 aliphatic rings. The van der Waals surface area contributed by atoms with Gasteiger partial charge in [0.25, 0.3) is 0 Å². The number of carboxylic acid groups (broad SMARTS) is 1. The number of hydrogen-bond donors (Lipinski definition) is 2. The van der Waals surface area contributed by atoms with Crippen LogP contribution in [-0.4, -0.2) is 35.7 Å². The van der Waals surface area contributed by atoms with Crippen LogP contribution in [0.25, 0.3) is 0 Å². The third kappa shape index (κ3) is 4.03. The lowest BCUT2D eigenvalue weighted by molar-refractivity contribution is -0.117. The van der Waals surface area contributed by atoms with Gasteiger partial charge in [-0.2, -0.15) is 8.78 Å². The molecule has 0 spiro atoms. The van der Waals surface area contributed by atoms with Crippen LogP contribution in [0.5, 0.6) is 0 Å². The van der Waals surface area contributed by atoms with Crippen LogP contribution in [-0.2, 0) is 0 Å². The largest absolute Gasteiger partial charge is 0.478 e. The van der Waals surface area contributed by atoms with E-state index in [2.05, 4.69) is 5.32 Å². The van der Waals surface area contributed by atoms with Gasteiger partial charge < -0.3 is 10.4 Å². The molecule has 20 heavy (non-hydrogen) atoms. The Balaban J connectivity index is 3.00. The minimum absolute atomic E-state index is 0.101. The zero-order valence-corrected chi connectivity index (χ0v) is 11.3. The van der Waals surface area contributed by atoms with E-state index in [4.69, 9.17) is 5.11 Å². The van der Waals surface area contributed by atoms with E-state index in [-0.39, 0.29) is 11.3 Å². The Morgan fingerprint density at radius 1 is 1.45 bits per heavy atom. The molecule has 8 heteroatoms. The maximum absolute atomic E-state index is 12.8. The second-order valence-electron chi connectivity index (χ2n) is 3.83. The number of rotatable bonds is 7. The molecule has 0 radical (unpaired) electrons. The molecule has 2 N–H and O–H groups in total. The minimum Gasteiger partial charge on any atom is -0.478 e. The minimum atomic E-state index is -4.22. The van der Waals surface area contributed by atoms with Crippen LogP contribution < -0.4 is 5.32 Å². The Bertz CT molecular complexity index is 483. The summed E-state index contributed by atoms with van der Waals surface area (Å²) in [6.07, 6.45) is -3.81. The van der Waals surface area contributed by atoms with Gasteiger partial charge >= 0.3 is 18.3 Å². The standard InChI is InChI=1S/C12H13F4NO2S/c1-2-20-8-5-3-4-7(9(8)10(18)19)17-6-12(15,16)11(13)14/h3-5,11,17H,2,6H2,1H3,(H,18,19). The molecule has 0 fully saturated rings. The van der Waals surface area contributed by atoms with Crippen molar-refractivity contribution in [2.24, 2.45) is 0 Å². The highest BCUT2D eigenvalue weighted by Crippen LogP contribution is 2.30. The lowest BCUT2D eigenvalue weighted by atomic mass is 10.1. The Morgan fingerprint density at radius 3 is 2.60 bits per heavy atom. The van der Waals surface area contributed by atoms with Crippen LogP contribution in [0.1, 0.15) is 17.3 Å². The van der Waals surface area contributed by atoms with Gasteiger partial charge in [0.15, 0.2) is 0 Å². The number of alkyl halides is 4. The normalized spacial score (nSPS) is 11.7. The van der Waals surface area contributed by atoms with Gasteiger partial charge in [-0.15, -0.1) is 11.8 Å². The monoisotopic (exact) mass is 311 g/mol. The average molecular weight is 311 g/mol. The summed E-state index contributed by atoms with van der Waals surface area (Å²) < 4.78 is 49.8. The van der Waals surface area contributed by atoms with Crippen LogP contribution >= 0.6 is 11.8 Å². The van der Waals surface area contributed by atoms with E-state index < -0.39 is 24.9 Å². The second kappa shape index (κ2) is 6.83. The number of carbonyl (C=O) groups is 1. The quantitative estimate of drug-likeness (QED) is 0.594. The van der Waals surface area contributed by atoms with E-state index in [0.717, 1.165) is 0 Å². The summed E-state index contributed by atoms with van der Waals surface area (Å²) in [5, 5.41) is 11.2. The Labute approximate surface area is 117 Å². The number of nitrogens with one attached hydrogen (secondary N) is 1. The summed E-state index contributed by atoms with van der Waals surface area (Å²) in [6, 6.07) is 4.28. The van der Waals surface area contributed by atoms with Crippen LogP contribution in [0.15, 0.2) is 23.1 Å². The molecule has 0 aliphatic carbocycles. The van der Waals surface area contributed by atoms with Gasteiger partial charge in [-0.1, -0.05) is 13.0 Å². The van der Waals surface area contributed by atoms with Crippen molar-refractivity contribution in [3.8, 4) is 0 Å². The molecule has 0 aliphatic heterocycles. The first-order valence-electron chi connectivity index (χ1n) is 5.68. The van der Waals surface area contributed by atoms with E-state index in [0.29, 0.717) is 10.6 Å². The van der Waals surface area contributed by atoms with E-state index in [1.165, 1.54) is 30.0 Å². The highest BCUT2D eigenvalue weighted by molar-refractivity contribution is 7.99. The summed E-state index contributed by atoms with van der Waals surface area (Å²) in [7, 11) is 0. The average Bonchev–Trinajstić information content (AvgIpc) is 2.36. The van der Waals surface area contributed by atoms with Crippen LogP contribution in [0.4, 0.5) is 23.2 Å². The molecule has 1 aromatic rings. The number of aromatic carboxylic acids is 1. The van der Waals surface area contributed by atoms with Crippen molar-refractivity contribution in [3.05, 3.63) is 23.8 Å². The van der Waals surface area contributed by atoms with Gasteiger partial charge in [0.2, 0.25) is 0 Å². The fourth-order valence-corrected chi connectivity index (χ4v) is 2.29. The second-order valence-corrected chi connectivity index (χ2v) is 5.14. The predicted molar refractivity (Wildman–Crippen MR) is 69.2 cm³/mol. The number of carboxylic acids is 1. The summed E-state index contributed by atoms with van der Waals surface area (Å²) in [6.45, 7) is 0.479. The maximum atomic E-state index is 12.8. The fraction of sp³-hybridized carbons (Fsp3) is 0.417. The Kier molecular flexibility index (Phi) is 5.67. The number of anilines is 1. The van der Waals surface area contributed by atoms with Crippen molar-refractivity contribution < 1.29 is 27.5 Å². The van der Waals surface area contributed by atoms with Crippen molar-refractivity contribution in [1.29, 1.82) is 0 Å². The van der Waals surface area contributed by atoms with E-state index >= 15 is 0 Å². The summed E-state index contributed by atoms with van der Waals surface area (Å²) in [4.78, 5) is 11.6. The van der Waals surface area contributed by atoms with Crippen molar-refractivity contribution in [2.75, 3.05) is 17.6 Å². The van der Waals surface area contributed by atoms with Crippen LogP contribution in [0.3, 0.4) is 0 Å². The molecule has 0 aromatic heterocycles. The van der Waals surface area contributed by atoms with Crippen molar-refractivity contribution >= 4 is 23.4 Å². The molecule has 0 bridgehead atoms. The first-order valence-corrected chi connectivity index (χ1v) is 6.67. The van der Waals surface area contributed by atoms with Gasteiger partial charge in [-0.05, 0) is 17.9 Å². The van der Waals surface area contributed by atoms with Gasteiger partial charge in [0, 0.05) is 4.90 Å². The van der Waals surface area contributed by atoms with Crippen molar-refractivity contribution in [3.63, 3.8) is 0 Å². The Morgan fingerprint density at radius 2 is 2.10 bits per heavy atom. The van der Waals surface area contributed by atoms with Gasteiger partial charge in [-0.25, -0.2) is 13.6 Å². The number of halogens is 4. The molecule has 112 valence electrons. The molecule has 0 unspecified atom stereocenters. The predicted octanol–water partition coefficient (Wildman–Crippen LogP) is 3.81. The summed E-state index contributed by atoms with van der Waals surface area (Å²) in [5.41, 5.74) is -0.291. The first kappa shape index (κ1) is 16.6. The van der Waals surface area contributed by atoms with Gasteiger partial charge in [-0.3, -0.25) is 0 Å². The zero-order valence-electron chi connectivity index (χ0n) is 10.5. The molecule has 1 aromatic carbocycles. The van der Waals surface area contributed by atoms with Crippen LogP contribution in [0, 0.1) is 0 Å². The number of thioether (sulfide) groups is 1. The first-order chi connectivity index (χ1) is 9.29. The smallest absolute Gasteiger partial charge is 0.338 e. The summed E-state index contributed by atoms with van der Waals surface area (Å²) >= 11 is 1.23. The lowest BCUT2D eigenvalue weighted by Gasteiger charge is -2.18. The summed E-state index contributed by atoms with van der Waals surface area (Å²) in [5.74, 6) is -4.93. The molecule has 0 atom stereocenters.